The third-order valence-electron chi connectivity index (χ3n) is 2.93. The number of carbonyl (C=O) groups is 2. The molecule has 0 saturated carbocycles. The Morgan fingerprint density at radius 1 is 1.00 bits per heavy atom. The Balaban J connectivity index is 2.02. The Labute approximate surface area is 133 Å². The molecule has 8 nitrogen and oxygen atoms in total. The van der Waals surface area contributed by atoms with Crippen LogP contribution in [0.15, 0.2) is 52.0 Å². The van der Waals surface area contributed by atoms with E-state index in [2.05, 4.69) is 10.9 Å². The largest absolute Gasteiger partial charge is 0.459 e. The molecule has 0 aliphatic rings. The molecule has 2 rings (SSSR count). The van der Waals surface area contributed by atoms with Gasteiger partial charge in [-0.15, -0.1) is 0 Å². The van der Waals surface area contributed by atoms with Crippen LogP contribution in [0.1, 0.15) is 20.9 Å². The van der Waals surface area contributed by atoms with Crippen molar-refractivity contribution in [3.05, 3.63) is 54.0 Å². The monoisotopic (exact) mass is 337 g/mol. The molecule has 2 amide bonds. The Morgan fingerprint density at radius 2 is 1.61 bits per heavy atom. The van der Waals surface area contributed by atoms with Crippen LogP contribution >= 0.6 is 0 Å². The molecule has 122 valence electrons. The van der Waals surface area contributed by atoms with E-state index in [1.165, 1.54) is 50.7 Å². The van der Waals surface area contributed by atoms with Crippen molar-refractivity contribution in [3.8, 4) is 0 Å². The highest BCUT2D eigenvalue weighted by Gasteiger charge is 2.17. The van der Waals surface area contributed by atoms with Crippen LogP contribution in [0.3, 0.4) is 0 Å². The van der Waals surface area contributed by atoms with Crippen LogP contribution in [-0.2, 0) is 10.0 Å². The summed E-state index contributed by atoms with van der Waals surface area (Å²) < 4.78 is 29.8. The summed E-state index contributed by atoms with van der Waals surface area (Å²) in [6.45, 7) is 0. The van der Waals surface area contributed by atoms with Crippen LogP contribution in [0.25, 0.3) is 0 Å². The van der Waals surface area contributed by atoms with Gasteiger partial charge in [0.25, 0.3) is 5.91 Å². The lowest BCUT2D eigenvalue weighted by Crippen LogP contribution is -2.41. The summed E-state index contributed by atoms with van der Waals surface area (Å²) in [4.78, 5) is 23.6. The van der Waals surface area contributed by atoms with E-state index in [0.29, 0.717) is 0 Å². The van der Waals surface area contributed by atoms with Crippen molar-refractivity contribution in [1.82, 2.24) is 15.2 Å². The van der Waals surface area contributed by atoms with Gasteiger partial charge in [-0.1, -0.05) is 0 Å². The first kappa shape index (κ1) is 16.7. The van der Waals surface area contributed by atoms with E-state index in [4.69, 9.17) is 4.42 Å². The highest BCUT2D eigenvalue weighted by molar-refractivity contribution is 7.89. The summed E-state index contributed by atoms with van der Waals surface area (Å²) in [5.74, 6) is -1.13. The quantitative estimate of drug-likeness (QED) is 0.794. The zero-order valence-electron chi connectivity index (χ0n) is 12.4. The van der Waals surface area contributed by atoms with Gasteiger partial charge >= 0.3 is 5.91 Å². The third-order valence-corrected chi connectivity index (χ3v) is 4.76. The molecule has 1 heterocycles. The molecule has 1 aromatic heterocycles. The van der Waals surface area contributed by atoms with Crippen molar-refractivity contribution < 1.29 is 22.4 Å². The molecule has 0 fully saturated rings. The van der Waals surface area contributed by atoms with E-state index in [1.54, 1.807) is 6.07 Å². The van der Waals surface area contributed by atoms with E-state index in [9.17, 15) is 18.0 Å². The first-order valence-electron chi connectivity index (χ1n) is 6.49. The fraction of sp³-hybridized carbons (Fsp3) is 0.143. The van der Waals surface area contributed by atoms with Crippen LogP contribution < -0.4 is 10.9 Å². The lowest BCUT2D eigenvalue weighted by atomic mass is 10.2. The number of sulfonamides is 1. The number of nitrogens with one attached hydrogen (secondary N) is 2. The number of benzene rings is 1. The lowest BCUT2D eigenvalue weighted by Gasteiger charge is -2.11. The predicted octanol–water partition coefficient (Wildman–Crippen LogP) is 0.605. The third kappa shape index (κ3) is 3.76. The Bertz CT molecular complexity index is 795. The molecule has 0 unspecified atom stereocenters. The highest BCUT2D eigenvalue weighted by Crippen LogP contribution is 2.13. The van der Waals surface area contributed by atoms with E-state index >= 15 is 0 Å². The molecular weight excluding hydrogens is 322 g/mol. The van der Waals surface area contributed by atoms with Crippen LogP contribution in [0.2, 0.25) is 0 Å². The van der Waals surface area contributed by atoms with E-state index < -0.39 is 21.8 Å². The summed E-state index contributed by atoms with van der Waals surface area (Å²) >= 11 is 0. The van der Waals surface area contributed by atoms with Gasteiger partial charge in [0, 0.05) is 19.7 Å². The molecule has 1 aromatic carbocycles. The van der Waals surface area contributed by atoms with Crippen LogP contribution in [0.5, 0.6) is 0 Å². The van der Waals surface area contributed by atoms with Gasteiger partial charge in [0.2, 0.25) is 10.0 Å². The number of amides is 2. The molecular formula is C14H15N3O5S. The molecule has 23 heavy (non-hydrogen) atoms. The van der Waals surface area contributed by atoms with Gasteiger partial charge in [-0.2, -0.15) is 0 Å². The maximum Gasteiger partial charge on any atom is 0.305 e. The summed E-state index contributed by atoms with van der Waals surface area (Å²) in [5.41, 5.74) is 4.59. The van der Waals surface area contributed by atoms with Gasteiger partial charge in [-0.05, 0) is 36.4 Å². The topological polar surface area (TPSA) is 109 Å². The van der Waals surface area contributed by atoms with Crippen molar-refractivity contribution in [2.24, 2.45) is 0 Å². The van der Waals surface area contributed by atoms with Crippen molar-refractivity contribution >= 4 is 21.8 Å². The first-order chi connectivity index (χ1) is 10.8. The number of furan rings is 1. The van der Waals surface area contributed by atoms with Crippen LogP contribution in [0.4, 0.5) is 0 Å². The minimum Gasteiger partial charge on any atom is -0.459 e. The smallest absolute Gasteiger partial charge is 0.305 e. The van der Waals surface area contributed by atoms with Gasteiger partial charge in [0.1, 0.15) is 0 Å². The molecule has 9 heteroatoms. The SMILES string of the molecule is CN(C)S(=O)(=O)c1ccc(C(=O)NNC(=O)c2ccco2)cc1. The van der Waals surface area contributed by atoms with Crippen molar-refractivity contribution in [1.29, 1.82) is 0 Å². The summed E-state index contributed by atoms with van der Waals surface area (Å²) in [6, 6.07) is 8.33. The molecule has 0 saturated heterocycles. The number of hydrazine groups is 1. The number of nitrogens with zero attached hydrogens (tertiary/aromatic N) is 1. The molecule has 0 aliphatic heterocycles. The minimum atomic E-state index is -3.56. The standard InChI is InChI=1S/C14H15N3O5S/c1-17(2)23(20,21)11-7-5-10(6-8-11)13(18)15-16-14(19)12-4-3-9-22-12/h3-9H,1-2H3,(H,15,18)(H,16,19). The number of hydrogen-bond donors (Lipinski definition) is 2. The summed E-state index contributed by atoms with van der Waals surface area (Å²) in [6.07, 6.45) is 1.33. The molecule has 2 aromatic rings. The molecule has 0 bridgehead atoms. The minimum absolute atomic E-state index is 0.0534. The number of rotatable bonds is 4. The lowest BCUT2D eigenvalue weighted by molar-refractivity contribution is 0.0831. The average Bonchev–Trinajstić information content (AvgIpc) is 3.06. The van der Waals surface area contributed by atoms with Gasteiger partial charge in [-0.3, -0.25) is 20.4 Å². The van der Waals surface area contributed by atoms with E-state index in [1.807, 2.05) is 0 Å². The van der Waals surface area contributed by atoms with Crippen molar-refractivity contribution in [3.63, 3.8) is 0 Å². The first-order valence-corrected chi connectivity index (χ1v) is 7.93. The fourth-order valence-corrected chi connectivity index (χ4v) is 2.55. The molecule has 2 N–H and O–H groups in total. The molecule has 0 radical (unpaired) electrons. The molecule has 0 spiro atoms. The Hall–Kier alpha value is -2.65. The van der Waals surface area contributed by atoms with Crippen LogP contribution in [0, 0.1) is 0 Å². The number of carbonyl (C=O) groups excluding carboxylic acids is 2. The van der Waals surface area contributed by atoms with Gasteiger partial charge in [-0.25, -0.2) is 12.7 Å². The fourth-order valence-electron chi connectivity index (χ4n) is 1.64. The maximum atomic E-state index is 11.9. The highest BCUT2D eigenvalue weighted by atomic mass is 32.2. The average molecular weight is 337 g/mol. The number of hydrogen-bond acceptors (Lipinski definition) is 5. The second kappa shape index (κ2) is 6.63. The van der Waals surface area contributed by atoms with Gasteiger partial charge in [0.15, 0.2) is 5.76 Å². The zero-order chi connectivity index (χ0) is 17.0. The van der Waals surface area contributed by atoms with Crippen LogP contribution in [-0.4, -0.2) is 38.6 Å². The Kier molecular flexibility index (Phi) is 4.82. The summed E-state index contributed by atoms with van der Waals surface area (Å²) in [7, 11) is -0.722. The Morgan fingerprint density at radius 3 is 2.13 bits per heavy atom. The van der Waals surface area contributed by atoms with E-state index in [0.717, 1.165) is 4.31 Å². The van der Waals surface area contributed by atoms with Gasteiger partial charge in [0.05, 0.1) is 11.2 Å². The van der Waals surface area contributed by atoms with E-state index in [-0.39, 0.29) is 16.2 Å². The predicted molar refractivity (Wildman–Crippen MR) is 81.0 cm³/mol. The van der Waals surface area contributed by atoms with Gasteiger partial charge < -0.3 is 4.42 Å². The maximum absolute atomic E-state index is 11.9. The normalized spacial score (nSPS) is 11.3. The second-order valence-electron chi connectivity index (χ2n) is 4.70. The molecule has 0 aliphatic carbocycles. The molecule has 0 atom stereocenters. The summed E-state index contributed by atoms with van der Waals surface area (Å²) in [5, 5.41) is 0. The second-order valence-corrected chi connectivity index (χ2v) is 6.85. The van der Waals surface area contributed by atoms with Crippen molar-refractivity contribution in [2.75, 3.05) is 14.1 Å². The van der Waals surface area contributed by atoms with Crippen molar-refractivity contribution in [2.45, 2.75) is 4.90 Å². The zero-order valence-corrected chi connectivity index (χ0v) is 13.3.